The van der Waals surface area contributed by atoms with Crippen LogP contribution in [-0.2, 0) is 0 Å². The highest BCUT2D eigenvalue weighted by Crippen LogP contribution is 2.37. The fourth-order valence-electron chi connectivity index (χ4n) is 1.80. The zero-order valence-electron chi connectivity index (χ0n) is 10.1. The van der Waals surface area contributed by atoms with Gasteiger partial charge in [0.2, 0.25) is 11.6 Å². The van der Waals surface area contributed by atoms with E-state index in [2.05, 4.69) is 4.98 Å². The number of rotatable bonds is 2. The number of halogens is 1. The summed E-state index contributed by atoms with van der Waals surface area (Å²) in [6, 6.07) is 12.2. The number of nitrogens with two attached hydrogens (primary N) is 1. The molecule has 0 aliphatic carbocycles. The average Bonchev–Trinajstić information content (AvgIpc) is 2.81. The third-order valence-corrected chi connectivity index (χ3v) is 2.92. The van der Waals surface area contributed by atoms with E-state index in [-0.39, 0.29) is 22.5 Å². The Bertz CT molecular complexity index is 836. The number of aromatic nitrogens is 1. The molecule has 0 spiro atoms. The molecule has 0 saturated carbocycles. The number of para-hydroxylation sites is 1. The number of anilines is 1. The summed E-state index contributed by atoms with van der Waals surface area (Å²) >= 11 is 5.81. The minimum atomic E-state index is 0.0624. The van der Waals surface area contributed by atoms with Crippen molar-refractivity contribution in [2.75, 3.05) is 5.73 Å². The Morgan fingerprint density at radius 1 is 1.25 bits per heavy atom. The summed E-state index contributed by atoms with van der Waals surface area (Å²) in [6.07, 6.45) is 0. The van der Waals surface area contributed by atoms with Crippen molar-refractivity contribution in [1.82, 2.24) is 4.98 Å². The van der Waals surface area contributed by atoms with Gasteiger partial charge in [0, 0.05) is 0 Å². The molecule has 0 amide bonds. The Morgan fingerprint density at radius 3 is 2.85 bits per heavy atom. The molecule has 0 atom stereocenters. The standard InChI is InChI=1S/C14H8ClN3O2/c15-12-6-5-9(17)14(18-12)20-13-8-3-1-2-4-10(8)19-11(13)7-16/h1-6H,17H2. The van der Waals surface area contributed by atoms with Crippen molar-refractivity contribution in [3.8, 4) is 17.7 Å². The van der Waals surface area contributed by atoms with Crippen molar-refractivity contribution in [2.24, 2.45) is 0 Å². The topological polar surface area (TPSA) is 85.1 Å². The summed E-state index contributed by atoms with van der Waals surface area (Å²) < 4.78 is 11.0. The first-order valence-corrected chi connectivity index (χ1v) is 6.08. The maximum absolute atomic E-state index is 9.12. The maximum Gasteiger partial charge on any atom is 0.247 e. The minimum absolute atomic E-state index is 0.0624. The molecule has 3 rings (SSSR count). The molecule has 0 unspecified atom stereocenters. The Morgan fingerprint density at radius 2 is 2.05 bits per heavy atom. The first-order valence-electron chi connectivity index (χ1n) is 5.70. The van der Waals surface area contributed by atoms with E-state index in [4.69, 9.17) is 31.8 Å². The lowest BCUT2D eigenvalue weighted by atomic mass is 10.2. The summed E-state index contributed by atoms with van der Waals surface area (Å²) in [5.74, 6) is 0.484. The molecule has 2 N–H and O–H groups in total. The van der Waals surface area contributed by atoms with Crippen molar-refractivity contribution >= 4 is 28.3 Å². The lowest BCUT2D eigenvalue weighted by molar-refractivity contribution is 0.453. The van der Waals surface area contributed by atoms with Crippen molar-refractivity contribution in [1.29, 1.82) is 5.26 Å². The summed E-state index contributed by atoms with van der Waals surface area (Å²) in [5, 5.41) is 10.0. The lowest BCUT2D eigenvalue weighted by Gasteiger charge is -2.06. The monoisotopic (exact) mass is 285 g/mol. The number of nitrogen functional groups attached to an aromatic ring is 1. The lowest BCUT2D eigenvalue weighted by Crippen LogP contribution is -1.95. The van der Waals surface area contributed by atoms with E-state index in [9.17, 15) is 0 Å². The fraction of sp³-hybridized carbons (Fsp3) is 0. The molecule has 0 fully saturated rings. The van der Waals surface area contributed by atoms with Crippen molar-refractivity contribution < 1.29 is 9.15 Å². The van der Waals surface area contributed by atoms with Gasteiger partial charge in [0.15, 0.2) is 5.75 Å². The first kappa shape index (κ1) is 12.3. The molecule has 5 nitrogen and oxygen atoms in total. The summed E-state index contributed by atoms with van der Waals surface area (Å²) in [4.78, 5) is 4.00. The molecule has 0 radical (unpaired) electrons. The highest BCUT2D eigenvalue weighted by Gasteiger charge is 2.17. The van der Waals surface area contributed by atoms with Gasteiger partial charge in [0.25, 0.3) is 0 Å². The molecule has 0 bridgehead atoms. The van der Waals surface area contributed by atoms with E-state index in [0.717, 1.165) is 0 Å². The third-order valence-electron chi connectivity index (χ3n) is 2.71. The molecule has 0 saturated heterocycles. The zero-order valence-corrected chi connectivity index (χ0v) is 10.9. The molecule has 0 aliphatic heterocycles. The van der Waals surface area contributed by atoms with Crippen LogP contribution in [0, 0.1) is 11.3 Å². The average molecular weight is 286 g/mol. The zero-order chi connectivity index (χ0) is 14.1. The van der Waals surface area contributed by atoms with Crippen LogP contribution in [0.1, 0.15) is 5.76 Å². The maximum atomic E-state index is 9.12. The number of pyridine rings is 1. The second-order valence-corrected chi connectivity index (χ2v) is 4.39. The number of nitrogens with zero attached hydrogens (tertiary/aromatic N) is 2. The summed E-state index contributed by atoms with van der Waals surface area (Å²) in [7, 11) is 0. The van der Waals surface area contributed by atoms with E-state index < -0.39 is 0 Å². The van der Waals surface area contributed by atoms with Crippen LogP contribution in [0.15, 0.2) is 40.8 Å². The number of nitriles is 1. The molecule has 3 aromatic rings. The Hall–Kier alpha value is -2.71. The van der Waals surface area contributed by atoms with E-state index in [1.165, 1.54) is 0 Å². The van der Waals surface area contributed by atoms with Gasteiger partial charge in [-0.25, -0.2) is 0 Å². The predicted molar refractivity (Wildman–Crippen MR) is 74.7 cm³/mol. The first-order chi connectivity index (χ1) is 9.69. The van der Waals surface area contributed by atoms with Crippen LogP contribution in [0.3, 0.4) is 0 Å². The van der Waals surface area contributed by atoms with Crippen LogP contribution in [0.4, 0.5) is 5.69 Å². The van der Waals surface area contributed by atoms with E-state index in [0.29, 0.717) is 16.7 Å². The second kappa shape index (κ2) is 4.76. The van der Waals surface area contributed by atoms with Gasteiger partial charge in [0.1, 0.15) is 16.8 Å². The largest absolute Gasteiger partial charge is 0.442 e. The highest BCUT2D eigenvalue weighted by molar-refractivity contribution is 6.29. The molecule has 0 aliphatic rings. The van der Waals surface area contributed by atoms with Gasteiger partial charge in [-0.05, 0) is 24.3 Å². The summed E-state index contributed by atoms with van der Waals surface area (Å²) in [5.41, 5.74) is 6.66. The molecular formula is C14H8ClN3O2. The van der Waals surface area contributed by atoms with Crippen LogP contribution in [0.5, 0.6) is 11.6 Å². The van der Waals surface area contributed by atoms with Gasteiger partial charge in [0.05, 0.1) is 11.1 Å². The van der Waals surface area contributed by atoms with E-state index >= 15 is 0 Å². The number of hydrogen-bond donors (Lipinski definition) is 1. The van der Waals surface area contributed by atoms with Crippen LogP contribution in [-0.4, -0.2) is 4.98 Å². The number of fused-ring (bicyclic) bond motifs is 1. The molecule has 20 heavy (non-hydrogen) atoms. The minimum Gasteiger partial charge on any atom is -0.442 e. The molecule has 6 heteroatoms. The van der Waals surface area contributed by atoms with Crippen LogP contribution >= 0.6 is 11.6 Å². The molecule has 98 valence electrons. The van der Waals surface area contributed by atoms with E-state index in [1.54, 1.807) is 24.3 Å². The second-order valence-electron chi connectivity index (χ2n) is 4.00. The Labute approximate surface area is 119 Å². The summed E-state index contributed by atoms with van der Waals surface area (Å²) in [6.45, 7) is 0. The SMILES string of the molecule is N#Cc1oc2ccccc2c1Oc1nc(Cl)ccc1N. The highest BCUT2D eigenvalue weighted by atomic mass is 35.5. The van der Waals surface area contributed by atoms with Crippen LogP contribution in [0.25, 0.3) is 11.0 Å². The van der Waals surface area contributed by atoms with Crippen LogP contribution in [0.2, 0.25) is 5.15 Å². The Balaban J connectivity index is 2.15. The van der Waals surface area contributed by atoms with Gasteiger partial charge < -0.3 is 14.9 Å². The van der Waals surface area contributed by atoms with Gasteiger partial charge in [-0.15, -0.1) is 0 Å². The van der Waals surface area contributed by atoms with Crippen LogP contribution < -0.4 is 10.5 Å². The fourth-order valence-corrected chi connectivity index (χ4v) is 1.94. The van der Waals surface area contributed by atoms with Gasteiger partial charge in [-0.3, -0.25) is 0 Å². The smallest absolute Gasteiger partial charge is 0.247 e. The molecule has 2 heterocycles. The van der Waals surface area contributed by atoms with E-state index in [1.807, 2.05) is 18.2 Å². The number of hydrogen-bond acceptors (Lipinski definition) is 5. The number of ether oxygens (including phenoxy) is 1. The van der Waals surface area contributed by atoms with Crippen molar-refractivity contribution in [2.45, 2.75) is 0 Å². The number of benzene rings is 1. The number of furan rings is 1. The predicted octanol–water partition coefficient (Wildman–Crippen LogP) is 3.73. The molecular weight excluding hydrogens is 278 g/mol. The molecule has 1 aromatic carbocycles. The van der Waals surface area contributed by atoms with Gasteiger partial charge >= 0.3 is 0 Å². The third kappa shape index (κ3) is 2.02. The Kier molecular flexibility index (Phi) is 2.93. The van der Waals surface area contributed by atoms with Crippen molar-refractivity contribution in [3.63, 3.8) is 0 Å². The van der Waals surface area contributed by atoms with Gasteiger partial charge in [-0.1, -0.05) is 23.7 Å². The normalized spacial score (nSPS) is 10.4. The van der Waals surface area contributed by atoms with Gasteiger partial charge in [-0.2, -0.15) is 10.2 Å². The van der Waals surface area contributed by atoms with Crippen molar-refractivity contribution in [3.05, 3.63) is 47.3 Å². The quantitative estimate of drug-likeness (QED) is 0.725. The molecule has 2 aromatic heterocycles.